The maximum absolute atomic E-state index is 11.7. The van der Waals surface area contributed by atoms with Crippen molar-refractivity contribution in [3.8, 4) is 0 Å². The molecule has 0 unspecified atom stereocenters. The number of carbonyl (C=O) groups is 1. The summed E-state index contributed by atoms with van der Waals surface area (Å²) in [5.41, 5.74) is 0.505. The lowest BCUT2D eigenvalue weighted by atomic mass is 10.00. The van der Waals surface area contributed by atoms with Gasteiger partial charge in [0.2, 0.25) is 6.29 Å². The normalized spacial score (nSPS) is 27.4. The Kier molecular flexibility index (Phi) is 18.5. The van der Waals surface area contributed by atoms with Crippen molar-refractivity contribution in [1.29, 1.82) is 0 Å². The van der Waals surface area contributed by atoms with Gasteiger partial charge in [-0.3, -0.25) is 0 Å². The van der Waals surface area contributed by atoms with E-state index in [0.717, 1.165) is 89.9 Å². The SMILES string of the molecule is CCCCCCCCCC[C@H](O)[C@@H]1CC[C@H]([C@H]2CC[C@@H]([C@H](O)CCCCCCCCC[C@H](O)CC3=C[C@@H](OC)OC3=O)O2)O1. The Balaban J connectivity index is 1.14. The van der Waals surface area contributed by atoms with Crippen LogP contribution in [-0.2, 0) is 23.7 Å². The van der Waals surface area contributed by atoms with Crippen LogP contribution in [0, 0.1) is 0 Å². The second-order valence-electron chi connectivity index (χ2n) is 13.6. The lowest BCUT2D eigenvalue weighted by molar-refractivity contribution is -0.155. The molecule has 3 aliphatic rings. The van der Waals surface area contributed by atoms with E-state index in [9.17, 15) is 20.1 Å². The number of unbranched alkanes of at least 4 members (excludes halogenated alkanes) is 13. The van der Waals surface area contributed by atoms with Gasteiger partial charge in [-0.05, 0) is 51.0 Å². The largest absolute Gasteiger partial charge is 0.429 e. The molecule has 8 nitrogen and oxygen atoms in total. The number of hydrogen-bond donors (Lipinski definition) is 3. The highest BCUT2D eigenvalue weighted by atomic mass is 16.7. The summed E-state index contributed by atoms with van der Waals surface area (Å²) in [6.45, 7) is 2.25. The minimum absolute atomic E-state index is 0.0412. The van der Waals surface area contributed by atoms with E-state index in [-0.39, 0.29) is 30.5 Å². The zero-order valence-corrected chi connectivity index (χ0v) is 27.8. The number of rotatable bonds is 25. The maximum Gasteiger partial charge on any atom is 0.336 e. The molecule has 256 valence electrons. The van der Waals surface area contributed by atoms with Gasteiger partial charge in [-0.15, -0.1) is 0 Å². The predicted molar refractivity (Wildman–Crippen MR) is 172 cm³/mol. The number of ether oxygens (including phenoxy) is 4. The number of aliphatic hydroxyl groups excluding tert-OH is 3. The average Bonchev–Trinajstić information content (AvgIpc) is 3.78. The molecule has 3 aliphatic heterocycles. The molecular weight excluding hydrogens is 560 g/mol. The van der Waals surface area contributed by atoms with Gasteiger partial charge in [0.25, 0.3) is 0 Å². The number of esters is 1. The van der Waals surface area contributed by atoms with Crippen molar-refractivity contribution in [3.05, 3.63) is 11.6 Å². The Morgan fingerprint density at radius 2 is 1.16 bits per heavy atom. The number of cyclic esters (lactones) is 1. The van der Waals surface area contributed by atoms with Gasteiger partial charge in [0.05, 0.1) is 42.7 Å². The highest BCUT2D eigenvalue weighted by Gasteiger charge is 2.40. The van der Waals surface area contributed by atoms with Crippen LogP contribution in [0.3, 0.4) is 0 Å². The quantitative estimate of drug-likeness (QED) is 0.0731. The molecule has 0 saturated carbocycles. The molecule has 3 N–H and O–H groups in total. The van der Waals surface area contributed by atoms with E-state index in [1.54, 1.807) is 6.08 Å². The van der Waals surface area contributed by atoms with Gasteiger partial charge in [-0.1, -0.05) is 103 Å². The molecule has 0 bridgehead atoms. The lowest BCUT2D eigenvalue weighted by Crippen LogP contribution is -2.33. The van der Waals surface area contributed by atoms with Gasteiger partial charge in [0.1, 0.15) is 0 Å². The van der Waals surface area contributed by atoms with E-state index in [4.69, 9.17) is 18.9 Å². The molecular formula is C36H64O8. The predicted octanol–water partition coefficient (Wildman–Crippen LogP) is 7.05. The molecule has 0 aromatic rings. The minimum Gasteiger partial charge on any atom is -0.429 e. The van der Waals surface area contributed by atoms with Crippen LogP contribution in [0.15, 0.2) is 11.6 Å². The first-order valence-corrected chi connectivity index (χ1v) is 18.2. The zero-order chi connectivity index (χ0) is 31.6. The van der Waals surface area contributed by atoms with Crippen molar-refractivity contribution in [1.82, 2.24) is 0 Å². The van der Waals surface area contributed by atoms with Gasteiger partial charge >= 0.3 is 5.97 Å². The molecule has 0 aromatic heterocycles. The first-order valence-electron chi connectivity index (χ1n) is 18.2. The standard InChI is InChI=1S/C36H64O8/c1-3-4-5-6-7-10-13-16-19-29(38)31-21-23-33(42-31)34-24-22-32(43-34)30(39)20-17-14-11-8-9-12-15-18-28(37)25-27-26-35(41-2)44-36(27)40/h26,28-35,37-39H,3-25H2,1-2H3/t28-,29-,30+,31-,32-,33+,34+,35-/m0/s1. The van der Waals surface area contributed by atoms with E-state index < -0.39 is 24.5 Å². The van der Waals surface area contributed by atoms with Gasteiger partial charge in [-0.25, -0.2) is 4.79 Å². The highest BCUT2D eigenvalue weighted by Crippen LogP contribution is 2.34. The summed E-state index contributed by atoms with van der Waals surface area (Å²) in [7, 11) is 1.49. The molecule has 2 fully saturated rings. The number of methoxy groups -OCH3 is 1. The summed E-state index contributed by atoms with van der Waals surface area (Å²) in [5, 5.41) is 31.7. The molecule has 8 heteroatoms. The summed E-state index contributed by atoms with van der Waals surface area (Å²) < 4.78 is 22.6. The zero-order valence-electron chi connectivity index (χ0n) is 27.8. The third-order valence-corrected chi connectivity index (χ3v) is 9.84. The summed E-state index contributed by atoms with van der Waals surface area (Å²) >= 11 is 0. The van der Waals surface area contributed by atoms with Crippen LogP contribution in [0.5, 0.6) is 0 Å². The first kappa shape index (κ1) is 37.4. The molecule has 0 aliphatic carbocycles. The fraction of sp³-hybridized carbons (Fsp3) is 0.917. The Labute approximate surface area is 267 Å². The molecule has 2 saturated heterocycles. The molecule has 3 rings (SSSR count). The van der Waals surface area contributed by atoms with Crippen molar-refractivity contribution in [3.63, 3.8) is 0 Å². The maximum atomic E-state index is 11.7. The average molecular weight is 625 g/mol. The van der Waals surface area contributed by atoms with E-state index in [2.05, 4.69) is 6.92 Å². The van der Waals surface area contributed by atoms with Crippen LogP contribution in [0.4, 0.5) is 0 Å². The fourth-order valence-electron chi connectivity index (χ4n) is 7.04. The van der Waals surface area contributed by atoms with Crippen LogP contribution in [0.1, 0.15) is 155 Å². The summed E-state index contributed by atoms with van der Waals surface area (Å²) in [6.07, 6.45) is 23.7. The summed E-state index contributed by atoms with van der Waals surface area (Å²) in [6, 6.07) is 0. The van der Waals surface area contributed by atoms with Gasteiger partial charge in [0, 0.05) is 19.1 Å². The Morgan fingerprint density at radius 1 is 0.705 bits per heavy atom. The van der Waals surface area contributed by atoms with Crippen LogP contribution in [-0.4, -0.2) is 77.4 Å². The minimum atomic E-state index is -0.622. The highest BCUT2D eigenvalue weighted by molar-refractivity contribution is 5.90. The van der Waals surface area contributed by atoms with Gasteiger partial charge in [-0.2, -0.15) is 0 Å². The molecule has 44 heavy (non-hydrogen) atoms. The topological polar surface area (TPSA) is 115 Å². The Bertz CT molecular complexity index is 803. The smallest absolute Gasteiger partial charge is 0.336 e. The van der Waals surface area contributed by atoms with Crippen molar-refractivity contribution in [2.75, 3.05) is 7.11 Å². The van der Waals surface area contributed by atoms with Crippen molar-refractivity contribution < 1.29 is 39.1 Å². The van der Waals surface area contributed by atoms with Crippen LogP contribution < -0.4 is 0 Å². The van der Waals surface area contributed by atoms with Crippen LogP contribution in [0.25, 0.3) is 0 Å². The second-order valence-corrected chi connectivity index (χ2v) is 13.6. The van der Waals surface area contributed by atoms with Crippen LogP contribution >= 0.6 is 0 Å². The molecule has 0 spiro atoms. The molecule has 8 atom stereocenters. The van der Waals surface area contributed by atoms with Crippen LogP contribution in [0.2, 0.25) is 0 Å². The molecule has 3 heterocycles. The first-order chi connectivity index (χ1) is 21.4. The van der Waals surface area contributed by atoms with E-state index in [0.29, 0.717) is 18.4 Å². The fourth-order valence-corrected chi connectivity index (χ4v) is 7.04. The number of hydrogen-bond acceptors (Lipinski definition) is 8. The third kappa shape index (κ3) is 13.8. The lowest BCUT2D eigenvalue weighted by Gasteiger charge is -2.24. The molecule has 0 radical (unpaired) electrons. The molecule has 0 aromatic carbocycles. The van der Waals surface area contributed by atoms with Crippen molar-refractivity contribution in [2.45, 2.75) is 204 Å². The second kappa shape index (κ2) is 21.7. The summed E-state index contributed by atoms with van der Waals surface area (Å²) in [5.74, 6) is -0.392. The third-order valence-electron chi connectivity index (χ3n) is 9.84. The Morgan fingerprint density at radius 3 is 1.61 bits per heavy atom. The Hall–Kier alpha value is -1.03. The number of carbonyl (C=O) groups excluding carboxylic acids is 1. The monoisotopic (exact) mass is 624 g/mol. The van der Waals surface area contributed by atoms with Gasteiger partial charge < -0.3 is 34.3 Å². The van der Waals surface area contributed by atoms with Crippen molar-refractivity contribution >= 4 is 5.97 Å². The van der Waals surface area contributed by atoms with E-state index in [1.807, 2.05) is 0 Å². The van der Waals surface area contributed by atoms with Gasteiger partial charge in [0.15, 0.2) is 0 Å². The summed E-state index contributed by atoms with van der Waals surface area (Å²) in [4.78, 5) is 11.7. The number of aliphatic hydroxyl groups is 3. The van der Waals surface area contributed by atoms with E-state index >= 15 is 0 Å². The van der Waals surface area contributed by atoms with Crippen molar-refractivity contribution in [2.24, 2.45) is 0 Å². The van der Waals surface area contributed by atoms with E-state index in [1.165, 1.54) is 52.1 Å². The molecule has 0 amide bonds.